The van der Waals surface area contributed by atoms with Gasteiger partial charge in [0.15, 0.2) is 0 Å². The van der Waals surface area contributed by atoms with Crippen molar-refractivity contribution < 1.29 is 18.0 Å². The molecular weight excluding hydrogens is 428 g/mol. The molecule has 8 heteroatoms. The van der Waals surface area contributed by atoms with E-state index in [0.717, 1.165) is 28.8 Å². The molecule has 0 radical (unpaired) electrons. The van der Waals surface area contributed by atoms with Crippen molar-refractivity contribution in [1.82, 2.24) is 9.78 Å². The number of nitrogens with one attached hydrogen (secondary N) is 1. The minimum Gasteiger partial charge on any atom is -0.388 e. The largest absolute Gasteiger partial charge is 0.437 e. The summed E-state index contributed by atoms with van der Waals surface area (Å²) in [4.78, 5) is 24.9. The number of carbonyl (C=O) groups excluding carboxylic acids is 1. The first-order valence-electron chi connectivity index (χ1n) is 10.4. The molecule has 0 fully saturated rings. The van der Waals surface area contributed by atoms with E-state index in [1.807, 2.05) is 38.1 Å². The molecule has 168 valence electrons. The van der Waals surface area contributed by atoms with Gasteiger partial charge >= 0.3 is 5.76 Å². The van der Waals surface area contributed by atoms with Crippen LogP contribution < -0.4 is 11.1 Å². The Morgan fingerprint density at radius 3 is 2.45 bits per heavy atom. The predicted molar refractivity (Wildman–Crippen MR) is 121 cm³/mol. The maximum atomic E-state index is 14.1. The highest BCUT2D eigenvalue weighted by atomic mass is 19.1. The maximum Gasteiger partial charge on any atom is 0.437 e. The lowest BCUT2D eigenvalue weighted by Crippen LogP contribution is -2.16. The second kappa shape index (κ2) is 9.20. The summed E-state index contributed by atoms with van der Waals surface area (Å²) in [7, 11) is 0. The van der Waals surface area contributed by atoms with E-state index in [0.29, 0.717) is 18.5 Å². The Bertz CT molecular complexity index is 1370. The van der Waals surface area contributed by atoms with Crippen molar-refractivity contribution in [3.63, 3.8) is 0 Å². The molecule has 6 nitrogen and oxygen atoms in total. The van der Waals surface area contributed by atoms with Crippen molar-refractivity contribution in [3.05, 3.63) is 94.0 Å². The van der Waals surface area contributed by atoms with Crippen LogP contribution in [0.1, 0.15) is 29.3 Å². The predicted octanol–water partition coefficient (Wildman–Crippen LogP) is 5.42. The summed E-state index contributed by atoms with van der Waals surface area (Å²) in [5, 5.41) is 6.77. The first-order chi connectivity index (χ1) is 15.9. The van der Waals surface area contributed by atoms with Gasteiger partial charge in [0.05, 0.1) is 11.3 Å². The number of nitrogens with zero attached hydrogens (tertiary/aromatic N) is 2. The SMILES string of the molecule is CCCn1nc(-c2cc(-c3ccccc3C)ccc2NC(=O)c2c(F)cccc2F)oc1=O. The summed E-state index contributed by atoms with van der Waals surface area (Å²) in [6, 6.07) is 16.0. The number of hydrogen-bond donors (Lipinski definition) is 1. The van der Waals surface area contributed by atoms with Crippen LogP contribution in [-0.2, 0) is 6.54 Å². The van der Waals surface area contributed by atoms with E-state index in [9.17, 15) is 18.4 Å². The summed E-state index contributed by atoms with van der Waals surface area (Å²) < 4.78 is 34.8. The highest BCUT2D eigenvalue weighted by Crippen LogP contribution is 2.33. The molecule has 0 bridgehead atoms. The lowest BCUT2D eigenvalue weighted by Gasteiger charge is -2.13. The van der Waals surface area contributed by atoms with Crippen molar-refractivity contribution in [2.75, 3.05) is 5.32 Å². The van der Waals surface area contributed by atoms with Crippen molar-refractivity contribution in [1.29, 1.82) is 0 Å². The molecule has 0 spiro atoms. The number of aromatic nitrogens is 2. The van der Waals surface area contributed by atoms with Crippen molar-refractivity contribution in [3.8, 4) is 22.6 Å². The summed E-state index contributed by atoms with van der Waals surface area (Å²) in [6.07, 6.45) is 0.672. The highest BCUT2D eigenvalue weighted by Gasteiger charge is 2.21. The van der Waals surface area contributed by atoms with E-state index in [4.69, 9.17) is 4.42 Å². The van der Waals surface area contributed by atoms with Crippen LogP contribution in [0.4, 0.5) is 14.5 Å². The number of rotatable bonds is 6. The molecule has 33 heavy (non-hydrogen) atoms. The molecule has 4 aromatic rings. The second-order valence-electron chi connectivity index (χ2n) is 7.52. The first-order valence-corrected chi connectivity index (χ1v) is 10.4. The molecule has 0 aliphatic carbocycles. The summed E-state index contributed by atoms with van der Waals surface area (Å²) >= 11 is 0. The Labute approximate surface area is 188 Å². The highest BCUT2D eigenvalue weighted by molar-refractivity contribution is 6.06. The summed E-state index contributed by atoms with van der Waals surface area (Å²) in [5.41, 5.74) is 2.56. The summed E-state index contributed by atoms with van der Waals surface area (Å²) in [6.45, 7) is 4.22. The van der Waals surface area contributed by atoms with Crippen molar-refractivity contribution in [2.24, 2.45) is 0 Å². The van der Waals surface area contributed by atoms with Crippen LogP contribution in [0.5, 0.6) is 0 Å². The molecule has 0 atom stereocenters. The van der Waals surface area contributed by atoms with Gasteiger partial charge in [-0.05, 0) is 54.3 Å². The molecular formula is C25H21F2N3O3. The minimum atomic E-state index is -0.982. The lowest BCUT2D eigenvalue weighted by molar-refractivity contribution is 0.101. The third kappa shape index (κ3) is 4.45. The van der Waals surface area contributed by atoms with E-state index in [-0.39, 0.29) is 11.6 Å². The fourth-order valence-electron chi connectivity index (χ4n) is 3.56. The van der Waals surface area contributed by atoms with Gasteiger partial charge in [-0.3, -0.25) is 4.79 Å². The molecule has 0 unspecified atom stereocenters. The van der Waals surface area contributed by atoms with Gasteiger partial charge in [0.1, 0.15) is 17.2 Å². The smallest absolute Gasteiger partial charge is 0.388 e. The Morgan fingerprint density at radius 1 is 1.03 bits per heavy atom. The third-order valence-corrected chi connectivity index (χ3v) is 5.19. The van der Waals surface area contributed by atoms with E-state index in [2.05, 4.69) is 10.4 Å². The number of hydrogen-bond acceptors (Lipinski definition) is 4. The number of halogens is 2. The maximum absolute atomic E-state index is 14.1. The third-order valence-electron chi connectivity index (χ3n) is 5.19. The van der Waals surface area contributed by atoms with Gasteiger partial charge in [0, 0.05) is 6.54 Å². The fourth-order valence-corrected chi connectivity index (χ4v) is 3.56. The second-order valence-corrected chi connectivity index (χ2v) is 7.52. The quantitative estimate of drug-likeness (QED) is 0.426. The number of amides is 1. The van der Waals surface area contributed by atoms with Crippen molar-refractivity contribution in [2.45, 2.75) is 26.8 Å². The Morgan fingerprint density at radius 2 is 1.76 bits per heavy atom. The number of carbonyl (C=O) groups is 1. The molecule has 1 heterocycles. The van der Waals surface area contributed by atoms with E-state index >= 15 is 0 Å². The Balaban J connectivity index is 1.83. The van der Waals surface area contributed by atoms with Gasteiger partial charge in [-0.15, -0.1) is 5.10 Å². The molecule has 4 rings (SSSR count). The van der Waals surface area contributed by atoms with Gasteiger partial charge in [-0.1, -0.05) is 43.3 Å². The topological polar surface area (TPSA) is 77.1 Å². The minimum absolute atomic E-state index is 0.00631. The van der Waals surface area contributed by atoms with E-state index < -0.39 is 28.9 Å². The number of anilines is 1. The van der Waals surface area contributed by atoms with Crippen LogP contribution in [0.2, 0.25) is 0 Å². The zero-order valence-electron chi connectivity index (χ0n) is 18.1. The van der Waals surface area contributed by atoms with Gasteiger partial charge in [-0.2, -0.15) is 4.68 Å². The summed E-state index contributed by atoms with van der Waals surface area (Å²) in [5.74, 6) is -3.57. The van der Waals surface area contributed by atoms with E-state index in [1.165, 1.54) is 10.7 Å². The lowest BCUT2D eigenvalue weighted by atomic mass is 9.98. The number of aryl methyl sites for hydroxylation is 2. The van der Waals surface area contributed by atoms with Gasteiger partial charge in [0.25, 0.3) is 11.8 Å². The molecule has 0 aliphatic rings. The van der Waals surface area contributed by atoms with Crippen molar-refractivity contribution >= 4 is 11.6 Å². The normalized spacial score (nSPS) is 10.9. The van der Waals surface area contributed by atoms with Crippen LogP contribution >= 0.6 is 0 Å². The van der Waals surface area contributed by atoms with Crippen LogP contribution in [0.15, 0.2) is 69.9 Å². The molecule has 0 saturated heterocycles. The Kier molecular flexibility index (Phi) is 6.17. The van der Waals surface area contributed by atoms with Crippen LogP contribution in [0.3, 0.4) is 0 Å². The van der Waals surface area contributed by atoms with Gasteiger partial charge < -0.3 is 9.73 Å². The zero-order chi connectivity index (χ0) is 23.5. The molecule has 1 amide bonds. The zero-order valence-corrected chi connectivity index (χ0v) is 18.1. The number of benzene rings is 3. The van der Waals surface area contributed by atoms with Gasteiger partial charge in [-0.25, -0.2) is 13.6 Å². The monoisotopic (exact) mass is 449 g/mol. The van der Waals surface area contributed by atoms with Gasteiger partial charge in [0.2, 0.25) is 0 Å². The average Bonchev–Trinajstić information content (AvgIpc) is 3.15. The Hall–Kier alpha value is -4.07. The average molecular weight is 449 g/mol. The standard InChI is InChI=1S/C25H21F2N3O3/c1-3-13-30-25(32)33-24(29-30)18-14-16(17-8-5-4-7-15(17)2)11-12-21(18)28-23(31)22-19(26)9-6-10-20(22)27/h4-12,14H,3,13H2,1-2H3,(H,28,31). The van der Waals surface area contributed by atoms with Crippen LogP contribution in [0, 0.1) is 18.6 Å². The van der Waals surface area contributed by atoms with Crippen LogP contribution in [-0.4, -0.2) is 15.7 Å². The molecule has 3 aromatic carbocycles. The molecule has 0 aliphatic heterocycles. The molecule has 1 N–H and O–H groups in total. The first kappa shape index (κ1) is 22.1. The fraction of sp³-hybridized carbons (Fsp3) is 0.160. The molecule has 1 aromatic heterocycles. The van der Waals surface area contributed by atoms with Crippen LogP contribution in [0.25, 0.3) is 22.6 Å². The molecule has 0 saturated carbocycles. The van der Waals surface area contributed by atoms with E-state index in [1.54, 1.807) is 18.2 Å².